The summed E-state index contributed by atoms with van der Waals surface area (Å²) in [6, 6.07) is 9.98. The molecule has 4 rings (SSSR count). The second-order valence-corrected chi connectivity index (χ2v) is 4.90. The standard InChI is InChI=1S/C15H14N4O2.ClH/c1-2-4-11-10(3-1)5-6-17-13(11)14-18-15(21-19-14)12-9-16-7-8-20-12;/h1-6,12,16H,7-9H2;1H. The van der Waals surface area contributed by atoms with Crippen LogP contribution in [0.2, 0.25) is 0 Å². The van der Waals surface area contributed by atoms with E-state index in [4.69, 9.17) is 9.26 Å². The van der Waals surface area contributed by atoms with Gasteiger partial charge in [0.25, 0.3) is 5.89 Å². The Balaban J connectivity index is 0.00000144. The first-order valence-corrected chi connectivity index (χ1v) is 6.92. The van der Waals surface area contributed by atoms with Crippen LogP contribution in [0.25, 0.3) is 22.3 Å². The van der Waals surface area contributed by atoms with Crippen LogP contribution in [0.3, 0.4) is 0 Å². The molecule has 1 aliphatic rings. The van der Waals surface area contributed by atoms with Crippen LogP contribution < -0.4 is 5.32 Å². The summed E-state index contributed by atoms with van der Waals surface area (Å²) in [4.78, 5) is 8.84. The predicted octanol–water partition coefficient (Wildman–Crippen LogP) is 2.37. The van der Waals surface area contributed by atoms with E-state index in [1.165, 1.54) is 0 Å². The Hall–Kier alpha value is -2.02. The van der Waals surface area contributed by atoms with Crippen molar-refractivity contribution in [2.24, 2.45) is 0 Å². The van der Waals surface area contributed by atoms with Crippen LogP contribution >= 0.6 is 12.4 Å². The molecule has 2 aromatic heterocycles. The molecule has 1 fully saturated rings. The van der Waals surface area contributed by atoms with Gasteiger partial charge in [-0.3, -0.25) is 4.98 Å². The molecular weight excluding hydrogens is 304 g/mol. The van der Waals surface area contributed by atoms with Crippen LogP contribution in [0.4, 0.5) is 0 Å². The van der Waals surface area contributed by atoms with Gasteiger partial charge in [-0.15, -0.1) is 12.4 Å². The molecule has 0 bridgehead atoms. The lowest BCUT2D eigenvalue weighted by atomic mass is 10.1. The van der Waals surface area contributed by atoms with Gasteiger partial charge in [0.1, 0.15) is 11.8 Å². The van der Waals surface area contributed by atoms with Crippen LogP contribution in [0.15, 0.2) is 41.1 Å². The maximum atomic E-state index is 5.62. The molecule has 1 aliphatic heterocycles. The largest absolute Gasteiger partial charge is 0.366 e. The lowest BCUT2D eigenvalue weighted by Gasteiger charge is -2.19. The number of benzene rings is 1. The van der Waals surface area contributed by atoms with Crippen molar-refractivity contribution in [1.29, 1.82) is 0 Å². The molecule has 0 saturated carbocycles. The first kappa shape index (κ1) is 14.9. The summed E-state index contributed by atoms with van der Waals surface area (Å²) in [7, 11) is 0. The summed E-state index contributed by atoms with van der Waals surface area (Å²) in [6.07, 6.45) is 1.57. The lowest BCUT2D eigenvalue weighted by Crippen LogP contribution is -2.33. The van der Waals surface area contributed by atoms with E-state index in [0.717, 1.165) is 23.0 Å². The molecule has 1 atom stereocenters. The normalized spacial score (nSPS) is 18.1. The van der Waals surface area contributed by atoms with Crippen LogP contribution in [0.5, 0.6) is 0 Å². The Morgan fingerprint density at radius 3 is 2.95 bits per heavy atom. The van der Waals surface area contributed by atoms with Crippen molar-refractivity contribution in [1.82, 2.24) is 20.4 Å². The zero-order chi connectivity index (χ0) is 14.1. The summed E-state index contributed by atoms with van der Waals surface area (Å²) < 4.78 is 11.0. The molecule has 0 amide bonds. The number of ether oxygens (including phenoxy) is 1. The van der Waals surface area contributed by atoms with Crippen molar-refractivity contribution >= 4 is 23.2 Å². The monoisotopic (exact) mass is 318 g/mol. The zero-order valence-corrected chi connectivity index (χ0v) is 12.5. The van der Waals surface area contributed by atoms with E-state index in [1.54, 1.807) is 6.20 Å². The van der Waals surface area contributed by atoms with Gasteiger partial charge in [-0.25, -0.2) is 0 Å². The Morgan fingerprint density at radius 1 is 1.18 bits per heavy atom. The number of rotatable bonds is 2. The summed E-state index contributed by atoms with van der Waals surface area (Å²) in [6.45, 7) is 2.18. The minimum Gasteiger partial charge on any atom is -0.366 e. The van der Waals surface area contributed by atoms with Crippen molar-refractivity contribution in [3.63, 3.8) is 0 Å². The molecule has 0 aliphatic carbocycles. The number of nitrogens with zero attached hydrogens (tertiary/aromatic N) is 3. The summed E-state index contributed by atoms with van der Waals surface area (Å²) in [5, 5.41) is 9.41. The van der Waals surface area contributed by atoms with Gasteiger partial charge in [-0.1, -0.05) is 29.4 Å². The molecule has 0 spiro atoms. The van der Waals surface area contributed by atoms with Crippen molar-refractivity contribution < 1.29 is 9.26 Å². The van der Waals surface area contributed by atoms with E-state index in [2.05, 4.69) is 20.4 Å². The highest BCUT2D eigenvalue weighted by molar-refractivity contribution is 5.92. The van der Waals surface area contributed by atoms with Crippen molar-refractivity contribution in [3.05, 3.63) is 42.4 Å². The second-order valence-electron chi connectivity index (χ2n) is 4.90. The smallest absolute Gasteiger partial charge is 0.257 e. The molecule has 0 radical (unpaired) electrons. The van der Waals surface area contributed by atoms with Gasteiger partial charge in [-0.2, -0.15) is 4.98 Å². The van der Waals surface area contributed by atoms with Gasteiger partial charge in [-0.05, 0) is 11.5 Å². The van der Waals surface area contributed by atoms with E-state index < -0.39 is 0 Å². The number of hydrogen-bond donors (Lipinski definition) is 1. The first-order chi connectivity index (χ1) is 10.4. The van der Waals surface area contributed by atoms with Gasteiger partial charge >= 0.3 is 0 Å². The van der Waals surface area contributed by atoms with Gasteiger partial charge in [0.2, 0.25) is 5.82 Å². The molecule has 22 heavy (non-hydrogen) atoms. The summed E-state index contributed by atoms with van der Waals surface area (Å²) >= 11 is 0. The molecule has 6 nitrogen and oxygen atoms in total. The topological polar surface area (TPSA) is 73.1 Å². The average molecular weight is 319 g/mol. The van der Waals surface area contributed by atoms with Crippen molar-refractivity contribution in [3.8, 4) is 11.5 Å². The number of hydrogen-bond acceptors (Lipinski definition) is 6. The van der Waals surface area contributed by atoms with Crippen LogP contribution in [0.1, 0.15) is 12.0 Å². The Labute approximate surface area is 133 Å². The molecule has 1 saturated heterocycles. The third-order valence-corrected chi connectivity index (χ3v) is 3.53. The summed E-state index contributed by atoms with van der Waals surface area (Å²) in [5.74, 6) is 0.989. The van der Waals surface area contributed by atoms with E-state index in [1.807, 2.05) is 30.3 Å². The fraction of sp³-hybridized carbons (Fsp3) is 0.267. The van der Waals surface area contributed by atoms with Gasteiger partial charge in [0.05, 0.1) is 6.61 Å². The average Bonchev–Trinajstić information content (AvgIpc) is 3.05. The highest BCUT2D eigenvalue weighted by Crippen LogP contribution is 2.26. The Kier molecular flexibility index (Phi) is 4.33. The molecule has 7 heteroatoms. The number of nitrogens with one attached hydrogen (secondary N) is 1. The molecule has 3 heterocycles. The number of aromatic nitrogens is 3. The number of pyridine rings is 1. The van der Waals surface area contributed by atoms with Gasteiger partial charge < -0.3 is 14.6 Å². The minimum atomic E-state index is -0.185. The van der Waals surface area contributed by atoms with E-state index in [9.17, 15) is 0 Å². The molecule has 1 N–H and O–H groups in total. The Bertz CT molecular complexity index is 766. The highest BCUT2D eigenvalue weighted by atomic mass is 35.5. The molecule has 114 valence electrons. The van der Waals surface area contributed by atoms with Crippen molar-refractivity contribution in [2.45, 2.75) is 6.10 Å². The lowest BCUT2D eigenvalue weighted by molar-refractivity contribution is 0.00755. The van der Waals surface area contributed by atoms with Gasteiger partial charge in [0, 0.05) is 24.7 Å². The summed E-state index contributed by atoms with van der Waals surface area (Å²) in [5.41, 5.74) is 0.729. The third-order valence-electron chi connectivity index (χ3n) is 3.53. The number of halogens is 1. The third kappa shape index (κ3) is 2.68. The molecular formula is C15H15ClN4O2. The number of fused-ring (bicyclic) bond motifs is 1. The predicted molar refractivity (Wildman–Crippen MR) is 83.8 cm³/mol. The quantitative estimate of drug-likeness (QED) is 0.782. The van der Waals surface area contributed by atoms with E-state index in [-0.39, 0.29) is 18.5 Å². The van der Waals surface area contributed by atoms with E-state index in [0.29, 0.717) is 24.9 Å². The van der Waals surface area contributed by atoms with Crippen molar-refractivity contribution in [2.75, 3.05) is 19.7 Å². The Morgan fingerprint density at radius 2 is 2.09 bits per heavy atom. The molecule has 3 aromatic rings. The van der Waals surface area contributed by atoms with Crippen LogP contribution in [-0.4, -0.2) is 34.8 Å². The maximum Gasteiger partial charge on any atom is 0.257 e. The minimum absolute atomic E-state index is 0. The maximum absolute atomic E-state index is 5.62. The molecule has 1 unspecified atom stereocenters. The SMILES string of the molecule is Cl.c1ccc2c(-c3noc(C4CNCCO4)n3)nccc2c1. The second kappa shape index (κ2) is 6.39. The number of morpholine rings is 1. The van der Waals surface area contributed by atoms with Gasteiger partial charge in [0.15, 0.2) is 0 Å². The first-order valence-electron chi connectivity index (χ1n) is 6.92. The fourth-order valence-electron chi connectivity index (χ4n) is 2.48. The van der Waals surface area contributed by atoms with E-state index >= 15 is 0 Å². The highest BCUT2D eigenvalue weighted by Gasteiger charge is 2.23. The molecule has 1 aromatic carbocycles. The fourth-order valence-corrected chi connectivity index (χ4v) is 2.48. The van der Waals surface area contributed by atoms with Crippen LogP contribution in [-0.2, 0) is 4.74 Å². The van der Waals surface area contributed by atoms with Crippen LogP contribution in [0, 0.1) is 0 Å². The zero-order valence-electron chi connectivity index (χ0n) is 11.7.